The van der Waals surface area contributed by atoms with Gasteiger partial charge in [0.25, 0.3) is 0 Å². The standard InChI is InChI=1S/C13H15F3O4/c1-19-12(20-2)11(18)7-10(17)8-3-5-9(6-4-8)13(14,15)16/h3-6,10,12,17H,7H2,1-2H3/t10-/m0/s1. The molecule has 0 fully saturated rings. The maximum absolute atomic E-state index is 12.4. The second-order valence-corrected chi connectivity index (χ2v) is 4.11. The van der Waals surface area contributed by atoms with Crippen LogP contribution in [0.25, 0.3) is 0 Å². The van der Waals surface area contributed by atoms with E-state index in [1.54, 1.807) is 0 Å². The van der Waals surface area contributed by atoms with Crippen LogP contribution in [0.3, 0.4) is 0 Å². The fourth-order valence-corrected chi connectivity index (χ4v) is 1.66. The fraction of sp³-hybridized carbons (Fsp3) is 0.462. The second-order valence-electron chi connectivity index (χ2n) is 4.11. The van der Waals surface area contributed by atoms with Crippen molar-refractivity contribution in [1.29, 1.82) is 0 Å². The van der Waals surface area contributed by atoms with Crippen LogP contribution >= 0.6 is 0 Å². The van der Waals surface area contributed by atoms with Crippen molar-refractivity contribution in [3.05, 3.63) is 35.4 Å². The third-order valence-corrected chi connectivity index (χ3v) is 2.71. The first-order valence-corrected chi connectivity index (χ1v) is 5.73. The third-order valence-electron chi connectivity index (χ3n) is 2.71. The average Bonchev–Trinajstić information content (AvgIpc) is 2.39. The lowest BCUT2D eigenvalue weighted by molar-refractivity contribution is -0.158. The van der Waals surface area contributed by atoms with E-state index in [1.807, 2.05) is 0 Å². The van der Waals surface area contributed by atoms with Gasteiger partial charge in [-0.3, -0.25) is 4.79 Å². The number of aliphatic hydroxyl groups excluding tert-OH is 1. The summed E-state index contributed by atoms with van der Waals surface area (Å²) in [5, 5.41) is 9.81. The van der Waals surface area contributed by atoms with Crippen molar-refractivity contribution < 1.29 is 32.5 Å². The summed E-state index contributed by atoms with van der Waals surface area (Å²) in [6.45, 7) is 0. The van der Waals surface area contributed by atoms with Crippen LogP contribution in [-0.4, -0.2) is 31.4 Å². The van der Waals surface area contributed by atoms with Gasteiger partial charge in [0, 0.05) is 20.6 Å². The number of hydrogen-bond donors (Lipinski definition) is 1. The maximum Gasteiger partial charge on any atom is 0.416 e. The first-order chi connectivity index (χ1) is 9.29. The molecule has 0 aliphatic rings. The summed E-state index contributed by atoms with van der Waals surface area (Å²) in [7, 11) is 2.55. The Hall–Kier alpha value is -1.44. The van der Waals surface area contributed by atoms with Gasteiger partial charge >= 0.3 is 6.18 Å². The van der Waals surface area contributed by atoms with Crippen LogP contribution in [0.15, 0.2) is 24.3 Å². The highest BCUT2D eigenvalue weighted by Crippen LogP contribution is 2.30. The number of hydrogen-bond acceptors (Lipinski definition) is 4. The molecule has 1 N–H and O–H groups in total. The zero-order chi connectivity index (χ0) is 15.3. The highest BCUT2D eigenvalue weighted by molar-refractivity contribution is 5.82. The number of methoxy groups -OCH3 is 2. The molecular formula is C13H15F3O4. The normalized spacial score (nSPS) is 13.6. The number of carbonyl (C=O) groups excluding carboxylic acids is 1. The fourth-order valence-electron chi connectivity index (χ4n) is 1.66. The van der Waals surface area contributed by atoms with E-state index in [1.165, 1.54) is 14.2 Å². The quantitative estimate of drug-likeness (QED) is 0.818. The Morgan fingerprint density at radius 1 is 1.20 bits per heavy atom. The van der Waals surface area contributed by atoms with Gasteiger partial charge < -0.3 is 14.6 Å². The number of Topliss-reactive ketones (excluding diaryl/α,β-unsaturated/α-hetero) is 1. The first kappa shape index (κ1) is 16.6. The number of halogens is 3. The molecule has 112 valence electrons. The van der Waals surface area contributed by atoms with Crippen LogP contribution in [0.5, 0.6) is 0 Å². The Balaban J connectivity index is 2.73. The summed E-state index contributed by atoms with van der Waals surface area (Å²) in [4.78, 5) is 11.6. The summed E-state index contributed by atoms with van der Waals surface area (Å²) in [6.07, 6.45) is -7.05. The summed E-state index contributed by atoms with van der Waals surface area (Å²) >= 11 is 0. The van der Waals surface area contributed by atoms with Crippen molar-refractivity contribution in [1.82, 2.24) is 0 Å². The number of alkyl halides is 3. The van der Waals surface area contributed by atoms with Gasteiger partial charge in [-0.15, -0.1) is 0 Å². The highest BCUT2D eigenvalue weighted by Gasteiger charge is 2.30. The monoisotopic (exact) mass is 292 g/mol. The number of benzene rings is 1. The van der Waals surface area contributed by atoms with Gasteiger partial charge in [-0.2, -0.15) is 13.2 Å². The van der Waals surface area contributed by atoms with E-state index in [2.05, 4.69) is 0 Å². The Kier molecular flexibility index (Phi) is 5.67. The van der Waals surface area contributed by atoms with E-state index in [0.717, 1.165) is 24.3 Å². The van der Waals surface area contributed by atoms with Crippen molar-refractivity contribution in [3.8, 4) is 0 Å². The molecule has 0 heterocycles. The van der Waals surface area contributed by atoms with Crippen molar-refractivity contribution in [2.24, 2.45) is 0 Å². The van der Waals surface area contributed by atoms with E-state index in [0.29, 0.717) is 0 Å². The Labute approximate surface area is 114 Å². The largest absolute Gasteiger partial charge is 0.416 e. The van der Waals surface area contributed by atoms with E-state index in [-0.39, 0.29) is 12.0 Å². The van der Waals surface area contributed by atoms with Crippen molar-refractivity contribution in [2.45, 2.75) is 25.0 Å². The van der Waals surface area contributed by atoms with Crippen LogP contribution in [0.1, 0.15) is 23.7 Å². The first-order valence-electron chi connectivity index (χ1n) is 5.73. The van der Waals surface area contributed by atoms with Crippen molar-refractivity contribution in [3.63, 3.8) is 0 Å². The Morgan fingerprint density at radius 3 is 2.10 bits per heavy atom. The number of carbonyl (C=O) groups is 1. The molecule has 0 unspecified atom stereocenters. The van der Waals surface area contributed by atoms with Gasteiger partial charge in [0.05, 0.1) is 11.7 Å². The maximum atomic E-state index is 12.4. The molecule has 0 aromatic heterocycles. The van der Waals surface area contributed by atoms with Crippen molar-refractivity contribution in [2.75, 3.05) is 14.2 Å². The lowest BCUT2D eigenvalue weighted by Gasteiger charge is -2.16. The molecule has 20 heavy (non-hydrogen) atoms. The predicted octanol–water partition coefficient (Wildman–Crippen LogP) is 2.32. The van der Waals surface area contributed by atoms with E-state index >= 15 is 0 Å². The summed E-state index contributed by atoms with van der Waals surface area (Å²) in [5.74, 6) is -0.498. The summed E-state index contributed by atoms with van der Waals surface area (Å²) in [6, 6.07) is 3.98. The summed E-state index contributed by atoms with van der Waals surface area (Å²) in [5.41, 5.74) is -0.594. The van der Waals surface area contributed by atoms with Gasteiger partial charge in [-0.1, -0.05) is 12.1 Å². The van der Waals surface area contributed by atoms with Crippen LogP contribution < -0.4 is 0 Å². The van der Waals surface area contributed by atoms with Crippen LogP contribution in [-0.2, 0) is 20.4 Å². The minimum absolute atomic E-state index is 0.220. The molecule has 1 atom stereocenters. The lowest BCUT2D eigenvalue weighted by atomic mass is 10.0. The SMILES string of the molecule is COC(OC)C(=O)C[C@H](O)c1ccc(C(F)(F)F)cc1. The van der Waals surface area contributed by atoms with Gasteiger partial charge in [-0.25, -0.2) is 0 Å². The molecule has 4 nitrogen and oxygen atoms in total. The van der Waals surface area contributed by atoms with Gasteiger partial charge in [0.1, 0.15) is 0 Å². The smallest absolute Gasteiger partial charge is 0.388 e. The van der Waals surface area contributed by atoms with Gasteiger partial charge in [0.2, 0.25) is 6.29 Å². The predicted molar refractivity (Wildman–Crippen MR) is 63.8 cm³/mol. The minimum atomic E-state index is -4.43. The molecule has 0 amide bonds. The second kappa shape index (κ2) is 6.83. The van der Waals surface area contributed by atoms with Crippen LogP contribution in [0.4, 0.5) is 13.2 Å². The minimum Gasteiger partial charge on any atom is -0.388 e. The average molecular weight is 292 g/mol. The van der Waals surface area contributed by atoms with Gasteiger partial charge in [0.15, 0.2) is 5.78 Å². The zero-order valence-electron chi connectivity index (χ0n) is 11.0. The van der Waals surface area contributed by atoms with Crippen molar-refractivity contribution >= 4 is 5.78 Å². The molecule has 1 rings (SSSR count). The Bertz CT molecular complexity index is 438. The molecule has 0 bridgehead atoms. The number of ketones is 1. The Morgan fingerprint density at radius 2 is 1.70 bits per heavy atom. The molecule has 0 radical (unpaired) electrons. The molecule has 0 aliphatic heterocycles. The molecule has 0 spiro atoms. The molecule has 0 saturated carbocycles. The third kappa shape index (κ3) is 4.29. The number of aliphatic hydroxyl groups is 1. The highest BCUT2D eigenvalue weighted by atomic mass is 19.4. The number of rotatable bonds is 6. The topological polar surface area (TPSA) is 55.8 Å². The molecular weight excluding hydrogens is 277 g/mol. The van der Waals surface area contributed by atoms with Gasteiger partial charge in [-0.05, 0) is 17.7 Å². The molecule has 1 aromatic rings. The van der Waals surface area contributed by atoms with E-state index in [4.69, 9.17) is 9.47 Å². The lowest BCUT2D eigenvalue weighted by Crippen LogP contribution is -2.26. The molecule has 0 aliphatic carbocycles. The van der Waals surface area contributed by atoms with Crippen LogP contribution in [0, 0.1) is 0 Å². The number of ether oxygens (including phenoxy) is 2. The molecule has 7 heteroatoms. The zero-order valence-corrected chi connectivity index (χ0v) is 11.0. The van der Waals surface area contributed by atoms with E-state index in [9.17, 15) is 23.1 Å². The van der Waals surface area contributed by atoms with Crippen LogP contribution in [0.2, 0.25) is 0 Å². The summed E-state index contributed by atoms with van der Waals surface area (Å²) < 4.78 is 46.6. The molecule has 1 aromatic carbocycles. The van der Waals surface area contributed by atoms with E-state index < -0.39 is 29.9 Å². The molecule has 0 saturated heterocycles.